The molecule has 1 N–H and O–H groups in total. The second kappa shape index (κ2) is 8.97. The molecular formula is C22H19BrN2O5S2. The third-order valence-corrected chi connectivity index (χ3v) is 8.38. The van der Waals surface area contributed by atoms with E-state index in [0.29, 0.717) is 32.9 Å². The fourth-order valence-electron chi connectivity index (χ4n) is 3.28. The number of ether oxygens (including phenoxy) is 2. The number of nitrogens with zero attached hydrogens (tertiary/aromatic N) is 1. The van der Waals surface area contributed by atoms with Crippen molar-refractivity contribution in [2.45, 2.75) is 10.8 Å². The highest BCUT2D eigenvalue weighted by Gasteiger charge is 2.17. The maximum Gasteiger partial charge on any atom is 0.271 e. The molecule has 0 spiro atoms. The maximum atomic E-state index is 13.2. The van der Waals surface area contributed by atoms with Gasteiger partial charge in [0.15, 0.2) is 0 Å². The third-order valence-electron chi connectivity index (χ3n) is 4.88. The lowest BCUT2D eigenvalue weighted by Crippen LogP contribution is -2.20. The number of benzene rings is 2. The summed E-state index contributed by atoms with van der Waals surface area (Å²) in [5.74, 6) is 1.27. The Balaban J connectivity index is 1.69. The van der Waals surface area contributed by atoms with Crippen LogP contribution in [-0.4, -0.2) is 27.2 Å². The number of hydrogen-bond acceptors (Lipinski definition) is 6. The molecule has 166 valence electrons. The van der Waals surface area contributed by atoms with Crippen molar-refractivity contribution in [3.05, 3.63) is 80.5 Å². The molecule has 0 atom stereocenters. The second-order valence-corrected chi connectivity index (χ2v) is 11.3. The molecule has 2 heterocycles. The zero-order valence-corrected chi connectivity index (χ0v) is 20.4. The highest BCUT2D eigenvalue weighted by molar-refractivity contribution is 9.11. The van der Waals surface area contributed by atoms with Gasteiger partial charge in [0, 0.05) is 28.9 Å². The van der Waals surface area contributed by atoms with Gasteiger partial charge in [-0.05, 0) is 63.8 Å². The van der Waals surface area contributed by atoms with Gasteiger partial charge in [-0.15, -0.1) is 11.3 Å². The molecule has 0 aliphatic rings. The Morgan fingerprint density at radius 1 is 1.03 bits per heavy atom. The molecule has 0 aliphatic carbocycles. The molecule has 10 heteroatoms. The Morgan fingerprint density at radius 3 is 2.53 bits per heavy atom. The highest BCUT2D eigenvalue weighted by atomic mass is 79.9. The van der Waals surface area contributed by atoms with Crippen molar-refractivity contribution in [1.29, 1.82) is 0 Å². The zero-order valence-electron chi connectivity index (χ0n) is 17.2. The molecule has 0 aliphatic heterocycles. The number of fused-ring (bicyclic) bond motifs is 1. The van der Waals surface area contributed by atoms with Gasteiger partial charge in [0.2, 0.25) is 0 Å². The van der Waals surface area contributed by atoms with Crippen LogP contribution in [0.1, 0.15) is 5.56 Å². The molecule has 0 amide bonds. The number of rotatable bonds is 7. The normalized spacial score (nSPS) is 11.5. The standard InChI is InChI=1S/C22H19BrN2O5S2/c1-29-17-6-4-15(19(12-17)30-2)13-25-10-9-14-3-5-16(11-18(14)22(25)26)24-32(27,28)21-8-7-20(23)31-21/h3-12,24H,13H2,1-2H3. The zero-order chi connectivity index (χ0) is 22.9. The van der Waals surface area contributed by atoms with Gasteiger partial charge >= 0.3 is 0 Å². The number of sulfonamides is 1. The number of nitrogens with one attached hydrogen (secondary N) is 1. The first-order valence-electron chi connectivity index (χ1n) is 9.43. The summed E-state index contributed by atoms with van der Waals surface area (Å²) in [6.45, 7) is 0.293. The maximum absolute atomic E-state index is 13.2. The topological polar surface area (TPSA) is 86.6 Å². The summed E-state index contributed by atoms with van der Waals surface area (Å²) >= 11 is 4.38. The van der Waals surface area contributed by atoms with Crippen molar-refractivity contribution < 1.29 is 17.9 Å². The van der Waals surface area contributed by atoms with E-state index in [1.54, 1.807) is 61.4 Å². The van der Waals surface area contributed by atoms with Crippen LogP contribution in [0.15, 0.2) is 73.6 Å². The second-order valence-electron chi connectivity index (χ2n) is 6.89. The van der Waals surface area contributed by atoms with E-state index in [1.165, 1.54) is 6.07 Å². The molecule has 4 aromatic rings. The number of halogens is 1. The van der Waals surface area contributed by atoms with Crippen molar-refractivity contribution >= 4 is 53.7 Å². The SMILES string of the molecule is COc1ccc(Cn2ccc3ccc(NS(=O)(=O)c4ccc(Br)s4)cc3c2=O)c(OC)c1. The molecule has 0 radical (unpaired) electrons. The number of hydrogen-bond donors (Lipinski definition) is 1. The van der Waals surface area contributed by atoms with E-state index in [4.69, 9.17) is 9.47 Å². The Morgan fingerprint density at radius 2 is 1.84 bits per heavy atom. The third kappa shape index (κ3) is 4.52. The van der Waals surface area contributed by atoms with E-state index in [2.05, 4.69) is 20.7 Å². The van der Waals surface area contributed by atoms with Crippen LogP contribution in [0.25, 0.3) is 10.8 Å². The van der Waals surface area contributed by atoms with Gasteiger partial charge in [0.25, 0.3) is 15.6 Å². The Bertz CT molecular complexity index is 1460. The summed E-state index contributed by atoms with van der Waals surface area (Å²) in [6.07, 6.45) is 1.71. The molecule has 0 saturated heterocycles. The van der Waals surface area contributed by atoms with Crippen LogP contribution >= 0.6 is 27.3 Å². The smallest absolute Gasteiger partial charge is 0.271 e. The van der Waals surface area contributed by atoms with E-state index < -0.39 is 10.0 Å². The lowest BCUT2D eigenvalue weighted by Gasteiger charge is -2.13. The lowest BCUT2D eigenvalue weighted by atomic mass is 10.1. The molecule has 0 bridgehead atoms. The van der Waals surface area contributed by atoms with Gasteiger partial charge in [-0.2, -0.15) is 0 Å². The molecule has 32 heavy (non-hydrogen) atoms. The van der Waals surface area contributed by atoms with Crippen LogP contribution in [0.2, 0.25) is 0 Å². The molecule has 2 aromatic heterocycles. The van der Waals surface area contributed by atoms with E-state index >= 15 is 0 Å². The predicted octanol–water partition coefficient (Wildman–Crippen LogP) is 4.69. The predicted molar refractivity (Wildman–Crippen MR) is 130 cm³/mol. The molecule has 0 fully saturated rings. The quantitative estimate of drug-likeness (QED) is 0.371. The summed E-state index contributed by atoms with van der Waals surface area (Å²) in [4.78, 5) is 13.2. The molecule has 4 rings (SSSR count). The summed E-state index contributed by atoms with van der Waals surface area (Å²) < 4.78 is 40.9. The largest absolute Gasteiger partial charge is 0.497 e. The van der Waals surface area contributed by atoms with E-state index in [9.17, 15) is 13.2 Å². The van der Waals surface area contributed by atoms with Crippen LogP contribution in [-0.2, 0) is 16.6 Å². The monoisotopic (exact) mass is 534 g/mol. The van der Waals surface area contributed by atoms with Crippen molar-refractivity contribution in [1.82, 2.24) is 4.57 Å². The minimum atomic E-state index is -3.75. The van der Waals surface area contributed by atoms with Gasteiger partial charge < -0.3 is 14.0 Å². The molecule has 7 nitrogen and oxygen atoms in total. The van der Waals surface area contributed by atoms with Gasteiger partial charge in [-0.1, -0.05) is 6.07 Å². The number of pyridine rings is 1. The van der Waals surface area contributed by atoms with Gasteiger partial charge in [-0.3, -0.25) is 9.52 Å². The minimum absolute atomic E-state index is 0.182. The fraction of sp³-hybridized carbons (Fsp3) is 0.136. The lowest BCUT2D eigenvalue weighted by molar-refractivity contribution is 0.390. The molecule has 0 unspecified atom stereocenters. The van der Waals surface area contributed by atoms with Crippen LogP contribution in [0.3, 0.4) is 0 Å². The summed E-state index contributed by atoms with van der Waals surface area (Å²) in [5.41, 5.74) is 0.897. The van der Waals surface area contributed by atoms with Crippen LogP contribution in [0.5, 0.6) is 11.5 Å². The molecule has 0 saturated carbocycles. The Hall–Kier alpha value is -2.82. The average molecular weight is 535 g/mol. The van der Waals surface area contributed by atoms with Gasteiger partial charge in [0.1, 0.15) is 15.7 Å². The molecular weight excluding hydrogens is 516 g/mol. The van der Waals surface area contributed by atoms with Gasteiger partial charge in [-0.25, -0.2) is 8.42 Å². The first-order valence-corrected chi connectivity index (χ1v) is 12.5. The first kappa shape index (κ1) is 22.4. The summed E-state index contributed by atoms with van der Waals surface area (Å²) in [6, 6.07) is 15.3. The number of thiophene rings is 1. The van der Waals surface area contributed by atoms with Crippen LogP contribution in [0, 0.1) is 0 Å². The fourth-order valence-corrected chi connectivity index (χ4v) is 6.34. The van der Waals surface area contributed by atoms with Crippen molar-refractivity contribution in [3.63, 3.8) is 0 Å². The Labute approximate surface area is 197 Å². The average Bonchev–Trinajstić information content (AvgIpc) is 3.23. The van der Waals surface area contributed by atoms with Crippen molar-refractivity contribution in [2.24, 2.45) is 0 Å². The Kier molecular flexibility index (Phi) is 6.27. The van der Waals surface area contributed by atoms with E-state index in [0.717, 1.165) is 22.3 Å². The minimum Gasteiger partial charge on any atom is -0.497 e. The van der Waals surface area contributed by atoms with E-state index in [-0.39, 0.29) is 9.77 Å². The highest BCUT2D eigenvalue weighted by Crippen LogP contribution is 2.28. The number of methoxy groups -OCH3 is 2. The van der Waals surface area contributed by atoms with Gasteiger partial charge in [0.05, 0.1) is 24.6 Å². The first-order chi connectivity index (χ1) is 15.3. The number of aromatic nitrogens is 1. The summed E-state index contributed by atoms with van der Waals surface area (Å²) in [7, 11) is -0.611. The van der Waals surface area contributed by atoms with E-state index in [1.807, 2.05) is 12.1 Å². The van der Waals surface area contributed by atoms with Crippen molar-refractivity contribution in [2.75, 3.05) is 18.9 Å². The summed E-state index contributed by atoms with van der Waals surface area (Å²) in [5, 5.41) is 1.13. The molecule has 2 aromatic carbocycles. The van der Waals surface area contributed by atoms with Crippen LogP contribution < -0.4 is 19.8 Å². The number of anilines is 1. The van der Waals surface area contributed by atoms with Crippen molar-refractivity contribution in [3.8, 4) is 11.5 Å². The van der Waals surface area contributed by atoms with Crippen LogP contribution in [0.4, 0.5) is 5.69 Å².